The molecule has 1 aromatic heterocycles. The SMILES string of the molecule is CCCC(=O)[O-].c1ccoc1. The van der Waals surface area contributed by atoms with Crippen molar-refractivity contribution in [1.82, 2.24) is 0 Å². The summed E-state index contributed by atoms with van der Waals surface area (Å²) < 4.78 is 4.58. The van der Waals surface area contributed by atoms with E-state index in [1.807, 2.05) is 12.1 Å². The second kappa shape index (κ2) is 6.86. The fourth-order valence-electron chi connectivity index (χ4n) is 0.431. The predicted molar refractivity (Wildman–Crippen MR) is 38.6 cm³/mol. The standard InChI is InChI=1S/C4H8O2.C4H4O/c1-2-3-4(5)6;1-2-4-5-3-1/h2-3H2,1H3,(H,5,6);1-4H/p-1. The van der Waals surface area contributed by atoms with E-state index >= 15 is 0 Å². The van der Waals surface area contributed by atoms with E-state index in [4.69, 9.17) is 0 Å². The van der Waals surface area contributed by atoms with Crippen LogP contribution in [0.1, 0.15) is 19.8 Å². The van der Waals surface area contributed by atoms with Crippen LogP contribution < -0.4 is 5.11 Å². The summed E-state index contributed by atoms with van der Waals surface area (Å²) in [5.74, 6) is -0.961. The number of aliphatic carboxylic acids is 1. The summed E-state index contributed by atoms with van der Waals surface area (Å²) in [7, 11) is 0. The third kappa shape index (κ3) is 8.75. The van der Waals surface area contributed by atoms with Crippen molar-refractivity contribution in [2.45, 2.75) is 19.8 Å². The second-order valence-electron chi connectivity index (χ2n) is 1.92. The van der Waals surface area contributed by atoms with E-state index in [9.17, 15) is 9.90 Å². The van der Waals surface area contributed by atoms with Crippen LogP contribution in [0, 0.1) is 0 Å². The summed E-state index contributed by atoms with van der Waals surface area (Å²) in [6.07, 6.45) is 4.10. The van der Waals surface area contributed by atoms with Gasteiger partial charge in [0, 0.05) is 5.97 Å². The first kappa shape index (κ1) is 9.75. The maximum atomic E-state index is 9.49. The van der Waals surface area contributed by atoms with Crippen LogP contribution >= 0.6 is 0 Å². The number of rotatable bonds is 2. The first-order valence-corrected chi connectivity index (χ1v) is 3.44. The lowest BCUT2D eigenvalue weighted by Crippen LogP contribution is -2.20. The van der Waals surface area contributed by atoms with Crippen LogP contribution in [-0.2, 0) is 4.79 Å². The lowest BCUT2D eigenvalue weighted by molar-refractivity contribution is -0.305. The average Bonchev–Trinajstić information content (AvgIpc) is 2.41. The van der Waals surface area contributed by atoms with Crippen LogP contribution in [0.15, 0.2) is 29.1 Å². The molecular weight excluding hydrogens is 144 g/mol. The summed E-state index contributed by atoms with van der Waals surface area (Å²) in [6, 6.07) is 3.67. The van der Waals surface area contributed by atoms with Gasteiger partial charge in [0.2, 0.25) is 0 Å². The molecular formula is C8H11O3-. The smallest absolute Gasteiger partial charge is 0.0902 e. The molecule has 0 aliphatic heterocycles. The first-order valence-electron chi connectivity index (χ1n) is 3.44. The quantitative estimate of drug-likeness (QED) is 0.635. The lowest BCUT2D eigenvalue weighted by atomic mass is 10.4. The number of carboxylic acid groups (broad SMARTS) is 1. The highest BCUT2D eigenvalue weighted by Gasteiger charge is 1.75. The molecule has 0 spiro atoms. The number of carbonyl (C=O) groups is 1. The van der Waals surface area contributed by atoms with Gasteiger partial charge in [-0.2, -0.15) is 0 Å². The average molecular weight is 155 g/mol. The number of furan rings is 1. The van der Waals surface area contributed by atoms with E-state index in [-0.39, 0.29) is 6.42 Å². The molecule has 1 aromatic rings. The Bertz CT molecular complexity index is 150. The maximum Gasteiger partial charge on any atom is 0.0902 e. The molecule has 0 amide bonds. The van der Waals surface area contributed by atoms with Gasteiger partial charge in [-0.1, -0.05) is 13.3 Å². The fraction of sp³-hybridized carbons (Fsp3) is 0.375. The van der Waals surface area contributed by atoms with Gasteiger partial charge >= 0.3 is 0 Å². The fourth-order valence-corrected chi connectivity index (χ4v) is 0.431. The summed E-state index contributed by atoms with van der Waals surface area (Å²) >= 11 is 0. The minimum Gasteiger partial charge on any atom is -0.550 e. The Morgan fingerprint density at radius 3 is 2.09 bits per heavy atom. The zero-order valence-corrected chi connectivity index (χ0v) is 6.45. The largest absolute Gasteiger partial charge is 0.550 e. The van der Waals surface area contributed by atoms with Crippen molar-refractivity contribution in [3.63, 3.8) is 0 Å². The van der Waals surface area contributed by atoms with Gasteiger partial charge in [-0.3, -0.25) is 0 Å². The molecule has 0 fully saturated rings. The Labute approximate surface area is 65.6 Å². The van der Waals surface area contributed by atoms with Crippen molar-refractivity contribution < 1.29 is 14.3 Å². The molecule has 0 N–H and O–H groups in total. The maximum absolute atomic E-state index is 9.49. The molecule has 0 atom stereocenters. The van der Waals surface area contributed by atoms with Crippen LogP contribution in [0.5, 0.6) is 0 Å². The molecule has 0 aliphatic rings. The molecule has 62 valence electrons. The number of carboxylic acids is 1. The van der Waals surface area contributed by atoms with Crippen molar-refractivity contribution in [2.75, 3.05) is 0 Å². The van der Waals surface area contributed by atoms with Gasteiger partial charge < -0.3 is 14.3 Å². The third-order valence-corrected chi connectivity index (χ3v) is 0.880. The zero-order chi connectivity index (χ0) is 8.53. The lowest BCUT2D eigenvalue weighted by Gasteiger charge is -1.92. The molecule has 0 unspecified atom stereocenters. The highest BCUT2D eigenvalue weighted by molar-refractivity contribution is 5.63. The van der Waals surface area contributed by atoms with Crippen LogP contribution in [0.4, 0.5) is 0 Å². The van der Waals surface area contributed by atoms with Crippen LogP contribution in [-0.4, -0.2) is 5.97 Å². The molecule has 0 saturated carbocycles. The van der Waals surface area contributed by atoms with E-state index in [1.165, 1.54) is 0 Å². The van der Waals surface area contributed by atoms with Crippen LogP contribution in [0.3, 0.4) is 0 Å². The van der Waals surface area contributed by atoms with Gasteiger partial charge in [-0.15, -0.1) is 0 Å². The monoisotopic (exact) mass is 155 g/mol. The first-order chi connectivity index (χ1) is 5.27. The second-order valence-corrected chi connectivity index (χ2v) is 1.92. The topological polar surface area (TPSA) is 53.3 Å². The van der Waals surface area contributed by atoms with E-state index in [0.717, 1.165) is 0 Å². The summed E-state index contributed by atoms with van der Waals surface area (Å²) in [4.78, 5) is 9.49. The van der Waals surface area contributed by atoms with Crippen molar-refractivity contribution in [1.29, 1.82) is 0 Å². The van der Waals surface area contributed by atoms with Gasteiger partial charge in [0.15, 0.2) is 0 Å². The third-order valence-electron chi connectivity index (χ3n) is 0.880. The Balaban J connectivity index is 0.000000183. The molecule has 1 heterocycles. The zero-order valence-electron chi connectivity index (χ0n) is 6.45. The van der Waals surface area contributed by atoms with E-state index in [2.05, 4.69) is 4.42 Å². The summed E-state index contributed by atoms with van der Waals surface area (Å²) in [5, 5.41) is 9.49. The Morgan fingerprint density at radius 2 is 2.00 bits per heavy atom. The van der Waals surface area contributed by atoms with E-state index < -0.39 is 5.97 Å². The predicted octanol–water partition coefficient (Wildman–Crippen LogP) is 0.816. The molecule has 0 saturated heterocycles. The van der Waals surface area contributed by atoms with Crippen molar-refractivity contribution >= 4 is 5.97 Å². The molecule has 0 aliphatic carbocycles. The molecule has 3 nitrogen and oxygen atoms in total. The molecule has 0 aromatic carbocycles. The Kier molecular flexibility index (Phi) is 6.08. The normalized spacial score (nSPS) is 8.09. The minimum atomic E-state index is -0.961. The van der Waals surface area contributed by atoms with Gasteiger partial charge in [0.05, 0.1) is 12.5 Å². The van der Waals surface area contributed by atoms with Gasteiger partial charge in [-0.25, -0.2) is 0 Å². The van der Waals surface area contributed by atoms with Crippen molar-refractivity contribution in [3.8, 4) is 0 Å². The molecule has 11 heavy (non-hydrogen) atoms. The Hall–Kier alpha value is -1.25. The van der Waals surface area contributed by atoms with E-state index in [0.29, 0.717) is 6.42 Å². The molecule has 0 bridgehead atoms. The van der Waals surface area contributed by atoms with Crippen molar-refractivity contribution in [2.24, 2.45) is 0 Å². The molecule has 3 heteroatoms. The summed E-state index contributed by atoms with van der Waals surface area (Å²) in [6.45, 7) is 1.80. The summed E-state index contributed by atoms with van der Waals surface area (Å²) in [5.41, 5.74) is 0. The Morgan fingerprint density at radius 1 is 1.45 bits per heavy atom. The number of hydrogen-bond donors (Lipinski definition) is 0. The van der Waals surface area contributed by atoms with E-state index in [1.54, 1.807) is 19.5 Å². The van der Waals surface area contributed by atoms with Gasteiger partial charge in [-0.05, 0) is 18.6 Å². The highest BCUT2D eigenvalue weighted by atomic mass is 16.4. The molecule has 1 rings (SSSR count). The minimum absolute atomic E-state index is 0.181. The van der Waals surface area contributed by atoms with Crippen molar-refractivity contribution in [3.05, 3.63) is 24.7 Å². The highest BCUT2D eigenvalue weighted by Crippen LogP contribution is 1.80. The van der Waals surface area contributed by atoms with Crippen LogP contribution in [0.2, 0.25) is 0 Å². The number of hydrogen-bond acceptors (Lipinski definition) is 3. The molecule has 0 radical (unpaired) electrons. The number of carbonyl (C=O) groups excluding carboxylic acids is 1. The van der Waals surface area contributed by atoms with Gasteiger partial charge in [0.1, 0.15) is 0 Å². The van der Waals surface area contributed by atoms with Crippen LogP contribution in [0.25, 0.3) is 0 Å². The van der Waals surface area contributed by atoms with Gasteiger partial charge in [0.25, 0.3) is 0 Å².